The molecule has 0 spiro atoms. The topological polar surface area (TPSA) is 112 Å². The molecule has 1 aliphatic carbocycles. The quantitative estimate of drug-likeness (QED) is 0.294. The van der Waals surface area contributed by atoms with Crippen LogP contribution < -0.4 is 10.6 Å². The number of halogens is 1. The van der Waals surface area contributed by atoms with Gasteiger partial charge < -0.3 is 20.6 Å². The molecule has 2 aromatic carbocycles. The smallest absolute Gasteiger partial charge is 0.405 e. The third-order valence-corrected chi connectivity index (χ3v) is 7.93. The molecule has 3 aromatic rings. The number of carbonyl (C=O) groups is 3. The number of amides is 3. The normalized spacial score (nSPS) is 17.0. The maximum Gasteiger partial charge on any atom is 0.405 e. The molecule has 1 fully saturated rings. The van der Waals surface area contributed by atoms with Crippen LogP contribution in [-0.2, 0) is 15.1 Å². The van der Waals surface area contributed by atoms with Crippen molar-refractivity contribution < 1.29 is 23.9 Å². The number of carboxylic acid groups (broad SMARTS) is 1. The lowest BCUT2D eigenvalue weighted by Crippen LogP contribution is -2.40. The molecule has 0 atom stereocenters. The average molecular weight is 561 g/mol. The van der Waals surface area contributed by atoms with E-state index in [1.54, 1.807) is 44.0 Å². The van der Waals surface area contributed by atoms with Gasteiger partial charge in [-0.2, -0.15) is 0 Å². The summed E-state index contributed by atoms with van der Waals surface area (Å²) in [6, 6.07) is 16.3. The Labute approximate surface area is 240 Å². The molecule has 0 radical (unpaired) electrons. The van der Waals surface area contributed by atoms with Gasteiger partial charge in [0.2, 0.25) is 11.8 Å². The minimum absolute atomic E-state index is 0.0640. The molecule has 1 heterocycles. The van der Waals surface area contributed by atoms with Gasteiger partial charge in [-0.05, 0) is 63.1 Å². The monoisotopic (exact) mass is 560 g/mol. The zero-order chi connectivity index (χ0) is 29.7. The Kier molecular flexibility index (Phi) is 9.05. The summed E-state index contributed by atoms with van der Waals surface area (Å²) in [5, 5.41) is 14.5. The first kappa shape index (κ1) is 29.7. The maximum atomic E-state index is 15.3. The Hall–Kier alpha value is -4.27. The fourth-order valence-corrected chi connectivity index (χ4v) is 5.57. The van der Waals surface area contributed by atoms with Crippen molar-refractivity contribution in [2.45, 2.75) is 64.5 Å². The van der Waals surface area contributed by atoms with Crippen LogP contribution in [0.4, 0.5) is 14.9 Å². The minimum Gasteiger partial charge on any atom is -0.465 e. The van der Waals surface area contributed by atoms with Gasteiger partial charge in [0, 0.05) is 43.1 Å². The zero-order valence-corrected chi connectivity index (χ0v) is 23.9. The van der Waals surface area contributed by atoms with Gasteiger partial charge in [-0.15, -0.1) is 0 Å². The molecule has 0 saturated heterocycles. The molecule has 3 amide bonds. The molecular formula is C32H37FN4O4. The predicted octanol–water partition coefficient (Wildman–Crippen LogP) is 6.42. The summed E-state index contributed by atoms with van der Waals surface area (Å²) in [6.07, 6.45) is 4.29. The molecule has 4 rings (SSSR count). The van der Waals surface area contributed by atoms with Gasteiger partial charge in [0.15, 0.2) is 0 Å². The molecule has 3 N–H and O–H groups in total. The lowest BCUT2D eigenvalue weighted by molar-refractivity contribution is -0.130. The molecule has 0 bridgehead atoms. The van der Waals surface area contributed by atoms with Gasteiger partial charge in [0.25, 0.3) is 0 Å². The van der Waals surface area contributed by atoms with E-state index in [1.165, 1.54) is 6.07 Å². The molecule has 0 aliphatic heterocycles. The number of rotatable bonds is 8. The molecule has 1 saturated carbocycles. The second kappa shape index (κ2) is 12.5. The van der Waals surface area contributed by atoms with Crippen LogP contribution in [0.3, 0.4) is 0 Å². The largest absolute Gasteiger partial charge is 0.465 e. The third kappa shape index (κ3) is 7.28. The second-order valence-corrected chi connectivity index (χ2v) is 11.3. The summed E-state index contributed by atoms with van der Waals surface area (Å²) in [6.45, 7) is 4.77. The summed E-state index contributed by atoms with van der Waals surface area (Å²) in [4.78, 5) is 42.2. The first-order chi connectivity index (χ1) is 19.4. The third-order valence-electron chi connectivity index (χ3n) is 7.93. The minimum atomic E-state index is -1.24. The highest BCUT2D eigenvalue weighted by Crippen LogP contribution is 2.35. The van der Waals surface area contributed by atoms with Gasteiger partial charge in [0.1, 0.15) is 5.82 Å². The first-order valence-electron chi connectivity index (χ1n) is 13.8. The molecule has 216 valence electrons. The molecular weight excluding hydrogens is 523 g/mol. The van der Waals surface area contributed by atoms with Gasteiger partial charge in [0.05, 0.1) is 23.1 Å². The number of hydrogen-bond donors (Lipinski definition) is 3. The summed E-state index contributed by atoms with van der Waals surface area (Å²) in [5.74, 6) is -0.322. The summed E-state index contributed by atoms with van der Waals surface area (Å²) >= 11 is 0. The van der Waals surface area contributed by atoms with Crippen LogP contribution in [0.2, 0.25) is 0 Å². The summed E-state index contributed by atoms with van der Waals surface area (Å²) in [7, 11) is 1.83. The van der Waals surface area contributed by atoms with E-state index in [0.29, 0.717) is 23.4 Å². The molecule has 8 nitrogen and oxygen atoms in total. The zero-order valence-electron chi connectivity index (χ0n) is 23.9. The highest BCUT2D eigenvalue weighted by Gasteiger charge is 2.28. The van der Waals surface area contributed by atoms with Gasteiger partial charge in [-0.3, -0.25) is 14.6 Å². The van der Waals surface area contributed by atoms with Gasteiger partial charge >= 0.3 is 6.09 Å². The van der Waals surface area contributed by atoms with E-state index in [2.05, 4.69) is 15.6 Å². The fourth-order valence-electron chi connectivity index (χ4n) is 5.57. The highest BCUT2D eigenvalue weighted by atomic mass is 19.1. The van der Waals surface area contributed by atoms with Gasteiger partial charge in [-0.25, -0.2) is 9.18 Å². The highest BCUT2D eigenvalue weighted by molar-refractivity contribution is 5.93. The van der Waals surface area contributed by atoms with E-state index in [9.17, 15) is 14.4 Å². The number of pyridine rings is 1. The second-order valence-electron chi connectivity index (χ2n) is 11.3. The Morgan fingerprint density at radius 2 is 1.71 bits per heavy atom. The van der Waals surface area contributed by atoms with Crippen molar-refractivity contribution in [3.8, 4) is 22.4 Å². The Bertz CT molecular complexity index is 1420. The summed E-state index contributed by atoms with van der Waals surface area (Å²) in [5.41, 5.74) is 2.30. The number of carbonyl (C=O) groups excluding carboxylic acids is 2. The number of nitrogens with zero attached hydrogens (tertiary/aromatic N) is 2. The van der Waals surface area contributed by atoms with Crippen LogP contribution >= 0.6 is 0 Å². The fraction of sp³-hybridized carbons (Fsp3) is 0.375. The molecule has 1 aromatic heterocycles. The Balaban J connectivity index is 1.54. The predicted molar refractivity (Wildman–Crippen MR) is 157 cm³/mol. The van der Waals surface area contributed by atoms with E-state index >= 15 is 4.39 Å². The SMILES string of the molecule is CC(=O)N(C)C1CCC(CC(=O)Nc2cnc(-c3ccc(C(C)(C)NC(=O)O)c(F)c3)c(-c3ccccc3)c2)CC1. The van der Waals surface area contributed by atoms with E-state index in [0.717, 1.165) is 36.8 Å². The molecule has 0 unspecified atom stereocenters. The van der Waals surface area contributed by atoms with Crippen LogP contribution in [0.15, 0.2) is 60.8 Å². The number of anilines is 1. The lowest BCUT2D eigenvalue weighted by atomic mass is 9.83. The van der Waals surface area contributed by atoms with Crippen LogP contribution in [-0.4, -0.2) is 46.0 Å². The van der Waals surface area contributed by atoms with Crippen molar-refractivity contribution in [1.29, 1.82) is 0 Å². The van der Waals surface area contributed by atoms with Crippen molar-refractivity contribution in [3.05, 3.63) is 72.2 Å². The number of nitrogens with one attached hydrogen (secondary N) is 2. The first-order valence-corrected chi connectivity index (χ1v) is 13.8. The summed E-state index contributed by atoms with van der Waals surface area (Å²) < 4.78 is 15.3. The standard InChI is InChI=1S/C32H37FN4O4/c1-20(38)37(4)25-13-10-21(11-14-25)16-29(39)35-24-18-26(22-8-6-5-7-9-22)30(34-19-24)23-12-15-27(28(33)17-23)32(2,3)36-31(40)41/h5-9,12,15,17-19,21,25,36H,10-11,13-14,16H2,1-4H3,(H,35,39)(H,40,41). The van der Waals surface area contributed by atoms with Crippen LogP contribution in [0, 0.1) is 11.7 Å². The van der Waals surface area contributed by atoms with Crippen molar-refractivity contribution in [1.82, 2.24) is 15.2 Å². The van der Waals surface area contributed by atoms with Gasteiger partial charge in [-0.1, -0.05) is 42.5 Å². The average Bonchev–Trinajstić information content (AvgIpc) is 2.92. The van der Waals surface area contributed by atoms with Crippen molar-refractivity contribution in [2.75, 3.05) is 12.4 Å². The van der Waals surface area contributed by atoms with Crippen LogP contribution in [0.1, 0.15) is 58.4 Å². The molecule has 41 heavy (non-hydrogen) atoms. The van der Waals surface area contributed by atoms with Crippen molar-refractivity contribution in [3.63, 3.8) is 0 Å². The molecule has 9 heteroatoms. The number of benzene rings is 2. The Morgan fingerprint density at radius 3 is 2.32 bits per heavy atom. The van der Waals surface area contributed by atoms with E-state index in [1.807, 2.05) is 43.4 Å². The van der Waals surface area contributed by atoms with Crippen LogP contribution in [0.25, 0.3) is 22.4 Å². The van der Waals surface area contributed by atoms with Crippen molar-refractivity contribution in [2.24, 2.45) is 5.92 Å². The van der Waals surface area contributed by atoms with Crippen molar-refractivity contribution >= 4 is 23.6 Å². The molecule has 1 aliphatic rings. The maximum absolute atomic E-state index is 15.3. The number of aromatic nitrogens is 1. The Morgan fingerprint density at radius 1 is 1.02 bits per heavy atom. The van der Waals surface area contributed by atoms with E-state index in [4.69, 9.17) is 5.11 Å². The van der Waals surface area contributed by atoms with E-state index < -0.39 is 17.4 Å². The van der Waals surface area contributed by atoms with Crippen LogP contribution in [0.5, 0.6) is 0 Å². The van der Waals surface area contributed by atoms with E-state index in [-0.39, 0.29) is 29.3 Å². The lowest BCUT2D eigenvalue weighted by Gasteiger charge is -2.34. The number of hydrogen-bond acceptors (Lipinski definition) is 4.